The first kappa shape index (κ1) is 9.74. The van der Waals surface area contributed by atoms with Crippen molar-refractivity contribution < 1.29 is 10.0 Å². The van der Waals surface area contributed by atoms with E-state index in [2.05, 4.69) is 15.1 Å². The molecule has 0 bridgehead atoms. The van der Waals surface area contributed by atoms with E-state index < -0.39 is 5.91 Å². The summed E-state index contributed by atoms with van der Waals surface area (Å²) in [5.41, 5.74) is 1.48. The normalized spacial score (nSPS) is 10.5. The summed E-state index contributed by atoms with van der Waals surface area (Å²) < 4.78 is 1.35. The van der Waals surface area contributed by atoms with Crippen LogP contribution in [0.25, 0.3) is 5.78 Å². The van der Waals surface area contributed by atoms with Crippen LogP contribution in [-0.4, -0.2) is 30.7 Å². The fourth-order valence-electron chi connectivity index (χ4n) is 1.12. The summed E-state index contributed by atoms with van der Waals surface area (Å²) in [6, 6.07) is 1.34. The molecule has 0 aromatic carbocycles. The number of hydroxylamine groups is 1. The van der Waals surface area contributed by atoms with Gasteiger partial charge in [-0.15, -0.1) is 5.10 Å². The van der Waals surface area contributed by atoms with Crippen molar-refractivity contribution in [3.05, 3.63) is 17.6 Å². The van der Waals surface area contributed by atoms with Gasteiger partial charge in [0.1, 0.15) is 16.5 Å². The number of carbonyl (C=O) groups is 1. The molecule has 0 unspecified atom stereocenters. The molecule has 2 N–H and O–H groups in total. The van der Waals surface area contributed by atoms with E-state index in [4.69, 9.17) is 17.8 Å². The second-order valence-corrected chi connectivity index (χ2v) is 3.21. The van der Waals surface area contributed by atoms with Gasteiger partial charge < -0.3 is 0 Å². The number of rotatable bonds is 1. The second-order valence-electron chi connectivity index (χ2n) is 2.79. The van der Waals surface area contributed by atoms with E-state index in [9.17, 15) is 4.79 Å². The predicted molar refractivity (Wildman–Crippen MR) is 50.6 cm³/mol. The molecule has 0 aliphatic rings. The van der Waals surface area contributed by atoms with E-state index in [0.717, 1.165) is 0 Å². The van der Waals surface area contributed by atoms with Gasteiger partial charge in [-0.2, -0.15) is 9.50 Å². The smallest absolute Gasteiger partial charge is 0.288 e. The highest BCUT2D eigenvalue weighted by Gasteiger charge is 2.12. The van der Waals surface area contributed by atoms with E-state index in [1.807, 2.05) is 0 Å². The Morgan fingerprint density at radius 2 is 2.33 bits per heavy atom. The summed E-state index contributed by atoms with van der Waals surface area (Å²) in [5, 5.41) is 12.7. The fourth-order valence-corrected chi connectivity index (χ4v) is 1.35. The SMILES string of the molecule is Cc1nc2nc(C(=O)NO)cc([S])n2n1. The highest BCUT2D eigenvalue weighted by molar-refractivity contribution is 7.80. The van der Waals surface area contributed by atoms with E-state index in [-0.39, 0.29) is 11.5 Å². The van der Waals surface area contributed by atoms with Crippen LogP contribution in [0, 0.1) is 6.92 Å². The number of hydrogen-bond donors (Lipinski definition) is 2. The maximum Gasteiger partial charge on any atom is 0.293 e. The average Bonchev–Trinajstić information content (AvgIpc) is 2.58. The molecule has 2 rings (SSSR count). The number of aryl methyl sites for hydroxylation is 1. The summed E-state index contributed by atoms with van der Waals surface area (Å²) in [6.45, 7) is 1.69. The van der Waals surface area contributed by atoms with Crippen molar-refractivity contribution >= 4 is 24.3 Å². The van der Waals surface area contributed by atoms with E-state index in [1.54, 1.807) is 6.92 Å². The summed E-state index contributed by atoms with van der Waals surface area (Å²) in [4.78, 5) is 18.9. The van der Waals surface area contributed by atoms with E-state index >= 15 is 0 Å². The Morgan fingerprint density at radius 1 is 1.60 bits per heavy atom. The first-order valence-corrected chi connectivity index (χ1v) is 4.38. The zero-order valence-corrected chi connectivity index (χ0v) is 8.45. The zero-order chi connectivity index (χ0) is 11.0. The van der Waals surface area contributed by atoms with Crippen LogP contribution < -0.4 is 5.48 Å². The molecule has 0 fully saturated rings. The first-order chi connectivity index (χ1) is 7.11. The van der Waals surface area contributed by atoms with Crippen molar-refractivity contribution in [3.63, 3.8) is 0 Å². The van der Waals surface area contributed by atoms with Crippen molar-refractivity contribution in [1.82, 2.24) is 25.1 Å². The lowest BCUT2D eigenvalue weighted by molar-refractivity contribution is 0.0700. The molecule has 0 aliphatic carbocycles. The molecule has 2 aromatic rings. The first-order valence-electron chi connectivity index (χ1n) is 3.97. The van der Waals surface area contributed by atoms with Crippen LogP contribution in [0.4, 0.5) is 0 Å². The van der Waals surface area contributed by atoms with Gasteiger partial charge in [0.25, 0.3) is 11.7 Å². The number of hydrogen-bond acceptors (Lipinski definition) is 5. The molecule has 0 atom stereocenters. The average molecular weight is 224 g/mol. The lowest BCUT2D eigenvalue weighted by Crippen LogP contribution is -2.20. The molecule has 7 nitrogen and oxygen atoms in total. The highest BCUT2D eigenvalue weighted by Crippen LogP contribution is 2.09. The van der Waals surface area contributed by atoms with Crippen LogP contribution in [0.3, 0.4) is 0 Å². The molecular formula is C7H6N5O2S. The maximum atomic E-state index is 11.1. The maximum absolute atomic E-state index is 11.1. The lowest BCUT2D eigenvalue weighted by Gasteiger charge is -1.99. The summed E-state index contributed by atoms with van der Waals surface area (Å²) in [7, 11) is 0. The Morgan fingerprint density at radius 3 is 3.00 bits per heavy atom. The molecule has 0 aliphatic heterocycles. The molecule has 15 heavy (non-hydrogen) atoms. The Hall–Kier alpha value is -1.80. The molecule has 77 valence electrons. The van der Waals surface area contributed by atoms with Gasteiger partial charge in [0.15, 0.2) is 0 Å². The number of aromatic nitrogens is 4. The van der Waals surface area contributed by atoms with Gasteiger partial charge in [0.2, 0.25) is 0 Å². The second kappa shape index (κ2) is 3.41. The summed E-state index contributed by atoms with van der Waals surface area (Å²) in [6.07, 6.45) is 0. The number of nitrogens with zero attached hydrogens (tertiary/aromatic N) is 4. The fraction of sp³-hybridized carbons (Fsp3) is 0.143. The number of fused-ring (bicyclic) bond motifs is 1. The minimum absolute atomic E-state index is 0.00222. The molecule has 1 radical (unpaired) electrons. The van der Waals surface area contributed by atoms with Gasteiger partial charge in [-0.05, 0) is 6.92 Å². The van der Waals surface area contributed by atoms with E-state index in [0.29, 0.717) is 10.9 Å². The molecule has 0 saturated heterocycles. The molecular weight excluding hydrogens is 218 g/mol. The van der Waals surface area contributed by atoms with Crippen LogP contribution in [0.1, 0.15) is 16.3 Å². The van der Waals surface area contributed by atoms with Gasteiger partial charge in [-0.25, -0.2) is 10.5 Å². The van der Waals surface area contributed by atoms with Crippen molar-refractivity contribution in [2.75, 3.05) is 0 Å². The minimum Gasteiger partial charge on any atom is -0.288 e. The summed E-state index contributed by atoms with van der Waals surface area (Å²) in [5.74, 6) is 0.0120. The number of carbonyl (C=O) groups excluding carboxylic acids is 1. The van der Waals surface area contributed by atoms with Crippen LogP contribution in [0.15, 0.2) is 11.1 Å². The number of nitrogens with one attached hydrogen (secondary N) is 1. The highest BCUT2D eigenvalue weighted by atomic mass is 32.1. The third-order valence-electron chi connectivity index (χ3n) is 1.72. The van der Waals surface area contributed by atoms with Crippen molar-refractivity contribution in [3.8, 4) is 0 Å². The monoisotopic (exact) mass is 224 g/mol. The van der Waals surface area contributed by atoms with Crippen LogP contribution in [-0.2, 0) is 0 Å². The van der Waals surface area contributed by atoms with Crippen LogP contribution in [0.2, 0.25) is 0 Å². The van der Waals surface area contributed by atoms with Gasteiger partial charge in [0.05, 0.1) is 0 Å². The Balaban J connectivity index is 2.66. The molecule has 8 heteroatoms. The topological polar surface area (TPSA) is 92.4 Å². The molecule has 0 spiro atoms. The lowest BCUT2D eigenvalue weighted by atomic mass is 10.4. The van der Waals surface area contributed by atoms with Crippen LogP contribution >= 0.6 is 12.6 Å². The number of amides is 1. The summed E-state index contributed by atoms with van der Waals surface area (Å²) >= 11 is 4.98. The van der Waals surface area contributed by atoms with E-state index in [1.165, 1.54) is 16.1 Å². The minimum atomic E-state index is -0.732. The van der Waals surface area contributed by atoms with Gasteiger partial charge in [-0.3, -0.25) is 10.0 Å². The standard InChI is InChI=1S/C7H6N5O2S/c1-3-8-7-9-4(6(13)11-14)2-5(15)12(7)10-3/h2,14H,1H3,(H,11,13). The Kier molecular flexibility index (Phi) is 2.21. The van der Waals surface area contributed by atoms with Crippen molar-refractivity contribution in [1.29, 1.82) is 0 Å². The third kappa shape index (κ3) is 1.60. The Labute approximate surface area is 89.5 Å². The predicted octanol–water partition coefficient (Wildman–Crippen LogP) is 0.108. The third-order valence-corrected chi connectivity index (χ3v) is 2.01. The Bertz CT molecular complexity index is 537. The van der Waals surface area contributed by atoms with Gasteiger partial charge in [0, 0.05) is 6.07 Å². The molecule has 0 saturated carbocycles. The molecule has 2 heterocycles. The van der Waals surface area contributed by atoms with Gasteiger partial charge >= 0.3 is 0 Å². The van der Waals surface area contributed by atoms with Crippen molar-refractivity contribution in [2.24, 2.45) is 0 Å². The van der Waals surface area contributed by atoms with Crippen LogP contribution in [0.5, 0.6) is 0 Å². The zero-order valence-electron chi connectivity index (χ0n) is 7.63. The molecule has 1 amide bonds. The van der Waals surface area contributed by atoms with Gasteiger partial charge in [-0.1, -0.05) is 12.6 Å². The molecule has 2 aromatic heterocycles. The van der Waals surface area contributed by atoms with Crippen molar-refractivity contribution in [2.45, 2.75) is 11.9 Å². The quantitative estimate of drug-likeness (QED) is 0.407. The largest absolute Gasteiger partial charge is 0.293 e.